The van der Waals surface area contributed by atoms with E-state index in [1.165, 1.54) is 0 Å². The first-order chi connectivity index (χ1) is 16.4. The number of ketones is 1. The summed E-state index contributed by atoms with van der Waals surface area (Å²) >= 11 is 0. The summed E-state index contributed by atoms with van der Waals surface area (Å²) in [6, 6.07) is 17.9. The maximum Gasteiger partial charge on any atom is 0.343 e. The highest BCUT2D eigenvalue weighted by molar-refractivity contribution is 6.15. The minimum absolute atomic E-state index is 0.195. The quantitative estimate of drug-likeness (QED) is 0.258. The fourth-order valence-electron chi connectivity index (χ4n) is 3.89. The van der Waals surface area contributed by atoms with E-state index in [0.717, 1.165) is 24.3 Å². The van der Waals surface area contributed by atoms with Crippen LogP contribution in [-0.4, -0.2) is 32.0 Å². The number of hydrogen-bond acceptors (Lipinski definition) is 6. The van der Waals surface area contributed by atoms with Gasteiger partial charge >= 0.3 is 5.97 Å². The van der Waals surface area contributed by atoms with Crippen LogP contribution in [-0.2, 0) is 0 Å². The van der Waals surface area contributed by atoms with Crippen LogP contribution in [0.3, 0.4) is 0 Å². The van der Waals surface area contributed by atoms with Crippen LogP contribution in [0.5, 0.6) is 17.2 Å². The van der Waals surface area contributed by atoms with Crippen molar-refractivity contribution in [3.8, 4) is 17.2 Å². The Morgan fingerprint density at radius 2 is 1.65 bits per heavy atom. The van der Waals surface area contributed by atoms with E-state index in [1.807, 2.05) is 24.3 Å². The van der Waals surface area contributed by atoms with Crippen molar-refractivity contribution in [3.63, 3.8) is 0 Å². The molecule has 34 heavy (non-hydrogen) atoms. The van der Waals surface area contributed by atoms with Crippen LogP contribution in [0.15, 0.2) is 66.4 Å². The van der Waals surface area contributed by atoms with Crippen molar-refractivity contribution >= 4 is 23.5 Å². The molecule has 6 nitrogen and oxygen atoms in total. The van der Waals surface area contributed by atoms with Crippen LogP contribution in [0, 0.1) is 6.92 Å². The van der Waals surface area contributed by atoms with Crippen molar-refractivity contribution in [2.75, 3.05) is 25.1 Å². The second kappa shape index (κ2) is 9.83. The second-order valence-electron chi connectivity index (χ2n) is 7.89. The molecule has 0 saturated carbocycles. The lowest BCUT2D eigenvalue weighted by atomic mass is 10.1. The summed E-state index contributed by atoms with van der Waals surface area (Å²) in [6.07, 6.45) is 1.73. The number of methoxy groups -OCH3 is 1. The van der Waals surface area contributed by atoms with Crippen molar-refractivity contribution in [1.82, 2.24) is 0 Å². The van der Waals surface area contributed by atoms with Gasteiger partial charge in [0.2, 0.25) is 5.78 Å². The zero-order valence-electron chi connectivity index (χ0n) is 19.8. The molecule has 3 aromatic carbocycles. The minimum Gasteiger partial charge on any atom is -0.497 e. The van der Waals surface area contributed by atoms with Gasteiger partial charge in [-0.3, -0.25) is 4.79 Å². The number of carbonyl (C=O) groups is 2. The van der Waals surface area contributed by atoms with E-state index in [9.17, 15) is 9.59 Å². The smallest absolute Gasteiger partial charge is 0.343 e. The number of carbonyl (C=O) groups excluding carboxylic acids is 2. The third-order valence-electron chi connectivity index (χ3n) is 5.88. The molecule has 0 unspecified atom stereocenters. The SMILES string of the molecule is CCN(CC)c1ccc(/C=C2\Oc3c(ccc(OC(=O)c4ccc(OC)cc4)c3C)C2=O)cc1. The Morgan fingerprint density at radius 1 is 0.971 bits per heavy atom. The zero-order chi connectivity index (χ0) is 24.2. The highest BCUT2D eigenvalue weighted by atomic mass is 16.5. The number of Topliss-reactive ketones (excluding diaryl/α,β-unsaturated/α-hetero) is 1. The number of benzene rings is 3. The van der Waals surface area contributed by atoms with Gasteiger partial charge < -0.3 is 19.1 Å². The summed E-state index contributed by atoms with van der Waals surface area (Å²) in [5, 5.41) is 0. The predicted octanol–water partition coefficient (Wildman–Crippen LogP) is 5.69. The first kappa shape index (κ1) is 23.1. The summed E-state index contributed by atoms with van der Waals surface area (Å²) in [4.78, 5) is 27.7. The van der Waals surface area contributed by atoms with Crippen LogP contribution in [0.2, 0.25) is 0 Å². The van der Waals surface area contributed by atoms with Crippen LogP contribution in [0.25, 0.3) is 6.08 Å². The van der Waals surface area contributed by atoms with E-state index in [0.29, 0.717) is 33.9 Å². The fourth-order valence-corrected chi connectivity index (χ4v) is 3.89. The molecule has 0 amide bonds. The number of hydrogen-bond donors (Lipinski definition) is 0. The average molecular weight is 458 g/mol. The average Bonchev–Trinajstić information content (AvgIpc) is 3.18. The van der Waals surface area contributed by atoms with Crippen molar-refractivity contribution < 1.29 is 23.8 Å². The molecule has 0 spiro atoms. The Morgan fingerprint density at radius 3 is 2.26 bits per heavy atom. The van der Waals surface area contributed by atoms with Crippen molar-refractivity contribution in [2.24, 2.45) is 0 Å². The lowest BCUT2D eigenvalue weighted by Crippen LogP contribution is -2.21. The van der Waals surface area contributed by atoms with Crippen molar-refractivity contribution in [2.45, 2.75) is 20.8 Å². The first-order valence-electron chi connectivity index (χ1n) is 11.2. The van der Waals surface area contributed by atoms with Gasteiger partial charge in [0.25, 0.3) is 0 Å². The van der Waals surface area contributed by atoms with E-state index in [1.54, 1.807) is 56.5 Å². The largest absolute Gasteiger partial charge is 0.497 e. The van der Waals surface area contributed by atoms with Crippen LogP contribution in [0.1, 0.15) is 45.7 Å². The molecule has 0 saturated heterocycles. The Balaban J connectivity index is 1.53. The molecule has 0 aromatic heterocycles. The summed E-state index contributed by atoms with van der Waals surface area (Å²) in [5.74, 6) is 0.956. The summed E-state index contributed by atoms with van der Waals surface area (Å²) in [5.41, 5.74) is 3.44. The molecular formula is C28H27NO5. The van der Waals surface area contributed by atoms with Gasteiger partial charge in [-0.25, -0.2) is 4.79 Å². The predicted molar refractivity (Wildman–Crippen MR) is 132 cm³/mol. The van der Waals surface area contributed by atoms with Gasteiger partial charge in [-0.15, -0.1) is 0 Å². The number of rotatable bonds is 7. The van der Waals surface area contributed by atoms with E-state index in [-0.39, 0.29) is 11.5 Å². The molecule has 3 aromatic rings. The molecule has 0 fully saturated rings. The Hall–Kier alpha value is -4.06. The fraction of sp³-hybridized carbons (Fsp3) is 0.214. The van der Waals surface area contributed by atoms with Crippen LogP contribution in [0.4, 0.5) is 5.69 Å². The van der Waals surface area contributed by atoms with Gasteiger partial charge in [0.05, 0.1) is 18.2 Å². The molecule has 0 radical (unpaired) electrons. The summed E-state index contributed by atoms with van der Waals surface area (Å²) < 4.78 is 16.6. The molecule has 4 rings (SSSR count). The summed E-state index contributed by atoms with van der Waals surface area (Å²) in [7, 11) is 1.56. The maximum absolute atomic E-state index is 12.9. The number of fused-ring (bicyclic) bond motifs is 1. The Labute approximate surface area is 199 Å². The van der Waals surface area contributed by atoms with E-state index < -0.39 is 5.97 Å². The standard InChI is InChI=1S/C28H27NO5/c1-5-29(6-2)21-11-7-19(8-12-21)17-25-26(30)23-15-16-24(18(3)27(23)33-25)34-28(31)20-9-13-22(32-4)14-10-20/h7-17H,5-6H2,1-4H3/b25-17-. The molecule has 6 heteroatoms. The Bertz CT molecular complexity index is 1240. The monoisotopic (exact) mass is 457 g/mol. The number of nitrogens with zero attached hydrogens (tertiary/aromatic N) is 1. The molecule has 1 heterocycles. The topological polar surface area (TPSA) is 65.1 Å². The lowest BCUT2D eigenvalue weighted by molar-refractivity contribution is 0.0733. The zero-order valence-corrected chi connectivity index (χ0v) is 19.8. The van der Waals surface area contributed by atoms with Gasteiger partial charge in [0, 0.05) is 24.3 Å². The molecule has 0 atom stereocenters. The van der Waals surface area contributed by atoms with E-state index >= 15 is 0 Å². The van der Waals surface area contributed by atoms with Gasteiger partial charge in [0.15, 0.2) is 5.76 Å². The van der Waals surface area contributed by atoms with Gasteiger partial charge in [-0.05, 0) is 80.9 Å². The third kappa shape index (κ3) is 4.53. The lowest BCUT2D eigenvalue weighted by Gasteiger charge is -2.20. The number of anilines is 1. The molecule has 0 bridgehead atoms. The van der Waals surface area contributed by atoms with Gasteiger partial charge in [-0.1, -0.05) is 12.1 Å². The van der Waals surface area contributed by atoms with Gasteiger partial charge in [-0.2, -0.15) is 0 Å². The molecule has 0 N–H and O–H groups in total. The minimum atomic E-state index is -0.501. The maximum atomic E-state index is 12.9. The van der Waals surface area contributed by atoms with E-state index in [2.05, 4.69) is 18.7 Å². The molecule has 1 aliphatic rings. The number of allylic oxidation sites excluding steroid dienone is 1. The molecular weight excluding hydrogens is 430 g/mol. The number of esters is 1. The molecule has 174 valence electrons. The van der Waals surface area contributed by atoms with E-state index in [4.69, 9.17) is 14.2 Å². The van der Waals surface area contributed by atoms with Gasteiger partial charge in [0.1, 0.15) is 17.2 Å². The highest BCUT2D eigenvalue weighted by Gasteiger charge is 2.30. The van der Waals surface area contributed by atoms with Crippen LogP contribution >= 0.6 is 0 Å². The second-order valence-corrected chi connectivity index (χ2v) is 7.89. The van der Waals surface area contributed by atoms with Crippen molar-refractivity contribution in [1.29, 1.82) is 0 Å². The van der Waals surface area contributed by atoms with Crippen molar-refractivity contribution in [3.05, 3.63) is 88.7 Å². The Kier molecular flexibility index (Phi) is 6.68. The highest BCUT2D eigenvalue weighted by Crippen LogP contribution is 2.39. The first-order valence-corrected chi connectivity index (χ1v) is 11.2. The molecule has 1 aliphatic heterocycles. The summed E-state index contributed by atoms with van der Waals surface area (Å²) in [6.45, 7) is 7.86. The number of ether oxygens (including phenoxy) is 3. The third-order valence-corrected chi connectivity index (χ3v) is 5.88. The van der Waals surface area contributed by atoms with Crippen LogP contribution < -0.4 is 19.1 Å². The normalized spacial score (nSPS) is 13.4. The molecule has 0 aliphatic carbocycles.